The summed E-state index contributed by atoms with van der Waals surface area (Å²) < 4.78 is 37.5. The Morgan fingerprint density at radius 2 is 1.82 bits per heavy atom. The van der Waals surface area contributed by atoms with Crippen molar-refractivity contribution in [3.8, 4) is 0 Å². The second-order valence-corrected chi connectivity index (χ2v) is 5.92. The van der Waals surface area contributed by atoms with Crippen LogP contribution in [-0.2, 0) is 17.5 Å². The normalized spacial score (nSPS) is 16.2. The van der Waals surface area contributed by atoms with Crippen LogP contribution < -0.4 is 5.32 Å². The van der Waals surface area contributed by atoms with Gasteiger partial charge in [0.15, 0.2) is 0 Å². The lowest BCUT2D eigenvalue weighted by Gasteiger charge is -2.19. The number of carbonyl (C=O) groups excluding carboxylic acids is 1. The summed E-state index contributed by atoms with van der Waals surface area (Å²) >= 11 is 0. The summed E-state index contributed by atoms with van der Waals surface area (Å²) in [5.41, 5.74) is 0.0991. The predicted molar refractivity (Wildman–Crippen MR) is 78.2 cm³/mol. The van der Waals surface area contributed by atoms with E-state index < -0.39 is 11.7 Å². The first-order valence-corrected chi connectivity index (χ1v) is 7.48. The highest BCUT2D eigenvalue weighted by molar-refractivity contribution is 5.78. The largest absolute Gasteiger partial charge is 0.416 e. The molecule has 22 heavy (non-hydrogen) atoms. The molecular formula is C16H21F3N2O. The van der Waals surface area contributed by atoms with E-state index in [1.54, 1.807) is 11.9 Å². The molecule has 1 N–H and O–H groups in total. The highest BCUT2D eigenvalue weighted by Gasteiger charge is 2.29. The Morgan fingerprint density at radius 3 is 2.36 bits per heavy atom. The first-order valence-electron chi connectivity index (χ1n) is 7.48. The number of halogens is 3. The fourth-order valence-corrected chi connectivity index (χ4v) is 2.76. The molecule has 0 spiro atoms. The second-order valence-electron chi connectivity index (χ2n) is 5.92. The lowest BCUT2D eigenvalue weighted by molar-refractivity contribution is -0.137. The minimum Gasteiger partial charge on any atom is -0.352 e. The molecule has 1 aromatic rings. The van der Waals surface area contributed by atoms with Crippen molar-refractivity contribution >= 4 is 5.91 Å². The molecule has 6 heteroatoms. The Kier molecular flexibility index (Phi) is 5.45. The SMILES string of the molecule is CN(CC(=O)NC1CCCC1)Cc1ccc(C(F)(F)F)cc1. The van der Waals surface area contributed by atoms with Gasteiger partial charge >= 0.3 is 6.18 Å². The Labute approximate surface area is 128 Å². The summed E-state index contributed by atoms with van der Waals surface area (Å²) in [6.45, 7) is 0.688. The van der Waals surface area contributed by atoms with E-state index in [9.17, 15) is 18.0 Å². The standard InChI is InChI=1S/C16H21F3N2O/c1-21(11-15(22)20-14-4-2-3-5-14)10-12-6-8-13(9-7-12)16(17,18)19/h6-9,14H,2-5,10-11H2,1H3,(H,20,22). The van der Waals surface area contributed by atoms with E-state index in [4.69, 9.17) is 0 Å². The number of likely N-dealkylation sites (N-methyl/N-ethyl adjacent to an activating group) is 1. The Morgan fingerprint density at radius 1 is 1.23 bits per heavy atom. The van der Waals surface area contributed by atoms with E-state index in [2.05, 4.69) is 5.32 Å². The number of rotatable bonds is 5. The molecule has 1 aromatic carbocycles. The van der Waals surface area contributed by atoms with Crippen LogP contribution in [0.5, 0.6) is 0 Å². The molecule has 1 aliphatic rings. The van der Waals surface area contributed by atoms with Crippen LogP contribution >= 0.6 is 0 Å². The number of nitrogens with zero attached hydrogens (tertiary/aromatic N) is 1. The Bertz CT molecular complexity index is 493. The van der Waals surface area contributed by atoms with E-state index in [0.717, 1.165) is 43.4 Å². The van der Waals surface area contributed by atoms with Crippen molar-refractivity contribution in [3.05, 3.63) is 35.4 Å². The van der Waals surface area contributed by atoms with Crippen molar-refractivity contribution in [3.63, 3.8) is 0 Å². The van der Waals surface area contributed by atoms with E-state index >= 15 is 0 Å². The lowest BCUT2D eigenvalue weighted by Crippen LogP contribution is -2.39. The average molecular weight is 314 g/mol. The molecule has 1 fully saturated rings. The first kappa shape index (κ1) is 16.8. The topological polar surface area (TPSA) is 32.3 Å². The lowest BCUT2D eigenvalue weighted by atomic mass is 10.1. The molecule has 0 saturated heterocycles. The van der Waals surface area contributed by atoms with Crippen LogP contribution in [0.1, 0.15) is 36.8 Å². The van der Waals surface area contributed by atoms with Crippen LogP contribution in [0.15, 0.2) is 24.3 Å². The van der Waals surface area contributed by atoms with Gasteiger partial charge in [-0.2, -0.15) is 13.2 Å². The number of nitrogens with one attached hydrogen (secondary N) is 1. The van der Waals surface area contributed by atoms with Gasteiger partial charge < -0.3 is 5.32 Å². The number of hydrogen-bond acceptors (Lipinski definition) is 2. The smallest absolute Gasteiger partial charge is 0.352 e. The van der Waals surface area contributed by atoms with Gasteiger partial charge in [0.25, 0.3) is 0 Å². The van der Waals surface area contributed by atoms with Crippen LogP contribution in [0.3, 0.4) is 0 Å². The minimum absolute atomic E-state index is 0.0266. The zero-order valence-electron chi connectivity index (χ0n) is 12.6. The highest BCUT2D eigenvalue weighted by atomic mass is 19.4. The number of alkyl halides is 3. The third-order valence-electron chi connectivity index (χ3n) is 3.87. The second kappa shape index (κ2) is 7.13. The zero-order chi connectivity index (χ0) is 16.2. The maximum atomic E-state index is 12.5. The van der Waals surface area contributed by atoms with Crippen molar-refractivity contribution in [2.75, 3.05) is 13.6 Å². The van der Waals surface area contributed by atoms with Crippen molar-refractivity contribution in [1.82, 2.24) is 10.2 Å². The van der Waals surface area contributed by atoms with Crippen LogP contribution in [0.25, 0.3) is 0 Å². The molecule has 1 aliphatic carbocycles. The average Bonchev–Trinajstić information content (AvgIpc) is 2.90. The number of carbonyl (C=O) groups is 1. The van der Waals surface area contributed by atoms with Gasteiger partial charge in [-0.25, -0.2) is 0 Å². The van der Waals surface area contributed by atoms with Crippen molar-refractivity contribution in [1.29, 1.82) is 0 Å². The first-order chi connectivity index (χ1) is 10.3. The monoisotopic (exact) mass is 314 g/mol. The van der Waals surface area contributed by atoms with Crippen LogP contribution in [0.4, 0.5) is 13.2 Å². The van der Waals surface area contributed by atoms with E-state index in [0.29, 0.717) is 6.54 Å². The summed E-state index contributed by atoms with van der Waals surface area (Å²) in [7, 11) is 1.78. The third kappa shape index (κ3) is 5.02. The Hall–Kier alpha value is -1.56. The molecular weight excluding hydrogens is 293 g/mol. The highest BCUT2D eigenvalue weighted by Crippen LogP contribution is 2.29. The predicted octanol–water partition coefficient (Wildman–Crippen LogP) is 3.20. The summed E-state index contributed by atoms with van der Waals surface area (Å²) in [6, 6.07) is 5.33. The van der Waals surface area contributed by atoms with Gasteiger partial charge in [0.05, 0.1) is 12.1 Å². The maximum absolute atomic E-state index is 12.5. The van der Waals surface area contributed by atoms with Gasteiger partial charge in [-0.05, 0) is 37.6 Å². The van der Waals surface area contributed by atoms with Gasteiger partial charge in [0, 0.05) is 12.6 Å². The zero-order valence-corrected chi connectivity index (χ0v) is 12.6. The third-order valence-corrected chi connectivity index (χ3v) is 3.87. The summed E-state index contributed by atoms with van der Waals surface area (Å²) in [5, 5.41) is 3.00. The van der Waals surface area contributed by atoms with E-state index in [1.807, 2.05) is 0 Å². The van der Waals surface area contributed by atoms with Crippen LogP contribution in [0.2, 0.25) is 0 Å². The molecule has 1 saturated carbocycles. The maximum Gasteiger partial charge on any atom is 0.416 e. The van der Waals surface area contributed by atoms with Crippen LogP contribution in [0, 0.1) is 0 Å². The summed E-state index contributed by atoms with van der Waals surface area (Å²) in [6.07, 6.45) is 0.0764. The quantitative estimate of drug-likeness (QED) is 0.905. The van der Waals surface area contributed by atoms with Gasteiger partial charge in [-0.1, -0.05) is 25.0 Å². The minimum atomic E-state index is -4.31. The molecule has 0 unspecified atom stereocenters. The molecule has 0 radical (unpaired) electrons. The number of hydrogen-bond donors (Lipinski definition) is 1. The summed E-state index contributed by atoms with van der Waals surface area (Å²) in [5.74, 6) is -0.0266. The molecule has 3 nitrogen and oxygen atoms in total. The fourth-order valence-electron chi connectivity index (χ4n) is 2.76. The van der Waals surface area contributed by atoms with Gasteiger partial charge in [0.2, 0.25) is 5.91 Å². The van der Waals surface area contributed by atoms with Gasteiger partial charge in [0.1, 0.15) is 0 Å². The van der Waals surface area contributed by atoms with Crippen molar-refractivity contribution < 1.29 is 18.0 Å². The fraction of sp³-hybridized carbons (Fsp3) is 0.562. The van der Waals surface area contributed by atoms with Crippen molar-refractivity contribution in [2.45, 2.75) is 44.4 Å². The molecule has 2 rings (SSSR count). The molecule has 0 bridgehead atoms. The molecule has 0 aromatic heterocycles. The van der Waals surface area contributed by atoms with E-state index in [-0.39, 0.29) is 18.5 Å². The molecule has 122 valence electrons. The van der Waals surface area contributed by atoms with Crippen LogP contribution in [-0.4, -0.2) is 30.4 Å². The van der Waals surface area contributed by atoms with E-state index in [1.165, 1.54) is 12.1 Å². The summed E-state index contributed by atoms with van der Waals surface area (Å²) in [4.78, 5) is 13.7. The Balaban J connectivity index is 1.81. The molecule has 0 aliphatic heterocycles. The molecule has 0 atom stereocenters. The molecule has 1 amide bonds. The number of amides is 1. The number of benzene rings is 1. The van der Waals surface area contributed by atoms with Gasteiger partial charge in [-0.15, -0.1) is 0 Å². The van der Waals surface area contributed by atoms with Gasteiger partial charge in [-0.3, -0.25) is 9.69 Å². The van der Waals surface area contributed by atoms with Crippen molar-refractivity contribution in [2.24, 2.45) is 0 Å². The molecule has 0 heterocycles.